The molecule has 1 aliphatic heterocycles. The van der Waals surface area contributed by atoms with Crippen LogP contribution in [0, 0.1) is 12.7 Å². The number of halogens is 3. The smallest absolute Gasteiger partial charge is 0.166 e. The van der Waals surface area contributed by atoms with Gasteiger partial charge in [0, 0.05) is 49.6 Å². The van der Waals surface area contributed by atoms with Crippen LogP contribution in [0.25, 0.3) is 11.0 Å². The minimum absolute atomic E-state index is 0. The van der Waals surface area contributed by atoms with Crippen LogP contribution in [0.15, 0.2) is 70.8 Å². The molecule has 1 fully saturated rings. The van der Waals surface area contributed by atoms with E-state index in [1.807, 2.05) is 18.0 Å². The third-order valence-electron chi connectivity index (χ3n) is 6.62. The fraction of sp³-hybridized carbons (Fsp3) is 0.357. The van der Waals surface area contributed by atoms with Crippen LogP contribution in [0.2, 0.25) is 0 Å². The predicted molar refractivity (Wildman–Crippen MR) is 163 cm³/mol. The van der Waals surface area contributed by atoms with Crippen molar-refractivity contribution in [2.75, 3.05) is 38.5 Å². The highest BCUT2D eigenvalue weighted by molar-refractivity contribution is 7.99. The molecule has 0 amide bonds. The standard InChI is InChI=1S/C28H32FN5S2.2ClH/c1-21-26(20-36-28-31-24-9-8-23(29)18-25(24)32-28)30-11-10-27(21)35-17-5-12-33-13-15-34(16-14-33)19-22-6-3-2-4-7-22;;/h2-4,6-11,18H,5,12-17,19-20H2,1H3,(H,31,32);2*1H. The Morgan fingerprint density at radius 3 is 2.50 bits per heavy atom. The lowest BCUT2D eigenvalue weighted by atomic mass is 10.2. The molecule has 0 aliphatic carbocycles. The molecule has 1 N–H and O–H groups in total. The molecule has 0 bridgehead atoms. The second-order valence-corrected chi connectivity index (χ2v) is 11.3. The maximum Gasteiger partial charge on any atom is 0.166 e. The van der Waals surface area contributed by atoms with E-state index in [9.17, 15) is 4.39 Å². The van der Waals surface area contributed by atoms with E-state index in [4.69, 9.17) is 0 Å². The highest BCUT2D eigenvalue weighted by Gasteiger charge is 2.16. The van der Waals surface area contributed by atoms with Gasteiger partial charge in [0.25, 0.3) is 0 Å². The molecule has 2 aromatic carbocycles. The van der Waals surface area contributed by atoms with Crippen LogP contribution in [0.3, 0.4) is 0 Å². The first kappa shape index (κ1) is 30.7. The number of fused-ring (bicyclic) bond motifs is 1. The van der Waals surface area contributed by atoms with Gasteiger partial charge in [0.05, 0.1) is 16.7 Å². The number of piperazine rings is 1. The predicted octanol–water partition coefficient (Wildman–Crippen LogP) is 6.84. The summed E-state index contributed by atoms with van der Waals surface area (Å²) in [6, 6.07) is 17.5. The Bertz CT molecular complexity index is 1280. The zero-order valence-electron chi connectivity index (χ0n) is 21.4. The van der Waals surface area contributed by atoms with Gasteiger partial charge < -0.3 is 9.88 Å². The quantitative estimate of drug-likeness (QED) is 0.160. The largest absolute Gasteiger partial charge is 0.333 e. The molecule has 1 aliphatic rings. The van der Waals surface area contributed by atoms with E-state index in [0.29, 0.717) is 0 Å². The van der Waals surface area contributed by atoms with Crippen molar-refractivity contribution in [1.29, 1.82) is 0 Å². The third-order valence-corrected chi connectivity index (χ3v) is 8.75. The van der Waals surface area contributed by atoms with E-state index < -0.39 is 0 Å². The van der Waals surface area contributed by atoms with Crippen LogP contribution in [-0.4, -0.2) is 63.2 Å². The Balaban J connectivity index is 0.00000200. The molecule has 0 spiro atoms. The Hall–Kier alpha value is -1.81. The van der Waals surface area contributed by atoms with E-state index in [-0.39, 0.29) is 30.6 Å². The minimum atomic E-state index is -0.254. The van der Waals surface area contributed by atoms with Crippen LogP contribution < -0.4 is 0 Å². The van der Waals surface area contributed by atoms with Crippen molar-refractivity contribution in [3.05, 3.63) is 83.4 Å². The number of aromatic amines is 1. The van der Waals surface area contributed by atoms with Gasteiger partial charge in [-0.1, -0.05) is 42.1 Å². The van der Waals surface area contributed by atoms with Gasteiger partial charge in [-0.3, -0.25) is 9.88 Å². The van der Waals surface area contributed by atoms with Crippen LogP contribution in [-0.2, 0) is 12.3 Å². The monoisotopic (exact) mass is 593 g/mol. The second-order valence-electron chi connectivity index (χ2n) is 9.18. The van der Waals surface area contributed by atoms with Crippen molar-refractivity contribution >= 4 is 59.4 Å². The molecule has 10 heteroatoms. The summed E-state index contributed by atoms with van der Waals surface area (Å²) < 4.78 is 13.4. The Morgan fingerprint density at radius 1 is 0.947 bits per heavy atom. The highest BCUT2D eigenvalue weighted by Crippen LogP contribution is 2.29. The molecule has 0 saturated carbocycles. The summed E-state index contributed by atoms with van der Waals surface area (Å²) in [5.41, 5.74) is 5.23. The maximum atomic E-state index is 13.4. The first-order chi connectivity index (χ1) is 17.6. The molecule has 204 valence electrons. The van der Waals surface area contributed by atoms with Crippen molar-refractivity contribution in [3.8, 4) is 0 Å². The number of nitrogens with one attached hydrogen (secondary N) is 1. The van der Waals surface area contributed by atoms with Gasteiger partial charge in [-0.25, -0.2) is 9.37 Å². The molecular weight excluding hydrogens is 560 g/mol. The normalized spacial score (nSPS) is 14.3. The number of benzene rings is 2. The number of thioether (sulfide) groups is 2. The second kappa shape index (κ2) is 15.1. The van der Waals surface area contributed by atoms with Gasteiger partial charge in [-0.15, -0.1) is 36.6 Å². The Morgan fingerprint density at radius 2 is 1.71 bits per heavy atom. The van der Waals surface area contributed by atoms with Crippen molar-refractivity contribution < 1.29 is 4.39 Å². The Kier molecular flexibility index (Phi) is 12.2. The summed E-state index contributed by atoms with van der Waals surface area (Å²) in [6.07, 6.45) is 3.09. The first-order valence-corrected chi connectivity index (χ1v) is 14.4. The van der Waals surface area contributed by atoms with E-state index in [1.165, 1.54) is 34.6 Å². The SMILES string of the molecule is Cc1c(SCCCN2CCN(Cc3ccccc3)CC2)ccnc1CSc1nc2ccc(F)cc2[nH]1.Cl.Cl. The number of aromatic nitrogens is 3. The average Bonchev–Trinajstić information content (AvgIpc) is 3.30. The summed E-state index contributed by atoms with van der Waals surface area (Å²) in [4.78, 5) is 18.8. The molecule has 0 radical (unpaired) electrons. The number of H-pyrrole nitrogens is 1. The van der Waals surface area contributed by atoms with Crippen molar-refractivity contribution in [3.63, 3.8) is 0 Å². The molecule has 5 rings (SSSR count). The van der Waals surface area contributed by atoms with Gasteiger partial charge >= 0.3 is 0 Å². The lowest BCUT2D eigenvalue weighted by Gasteiger charge is -2.34. The van der Waals surface area contributed by atoms with Crippen molar-refractivity contribution in [1.82, 2.24) is 24.8 Å². The number of hydrogen-bond acceptors (Lipinski definition) is 6. The molecule has 2 aromatic heterocycles. The zero-order chi connectivity index (χ0) is 24.7. The summed E-state index contributed by atoms with van der Waals surface area (Å²) in [7, 11) is 0. The zero-order valence-corrected chi connectivity index (χ0v) is 24.7. The number of nitrogens with zero attached hydrogens (tertiary/aromatic N) is 4. The van der Waals surface area contributed by atoms with Gasteiger partial charge in [-0.05, 0) is 61.0 Å². The Labute approximate surface area is 245 Å². The van der Waals surface area contributed by atoms with E-state index in [0.717, 1.165) is 72.7 Å². The van der Waals surface area contributed by atoms with E-state index in [1.54, 1.807) is 17.8 Å². The number of imidazole rings is 1. The lowest BCUT2D eigenvalue weighted by molar-refractivity contribution is 0.127. The summed E-state index contributed by atoms with van der Waals surface area (Å²) in [5.74, 6) is 1.59. The van der Waals surface area contributed by atoms with Crippen LogP contribution in [0.1, 0.15) is 23.2 Å². The molecule has 1 saturated heterocycles. The van der Waals surface area contributed by atoms with Crippen molar-refractivity contribution in [2.45, 2.75) is 35.7 Å². The highest BCUT2D eigenvalue weighted by atomic mass is 35.5. The molecule has 38 heavy (non-hydrogen) atoms. The van der Waals surface area contributed by atoms with Gasteiger partial charge in [0.2, 0.25) is 0 Å². The molecule has 4 aromatic rings. The van der Waals surface area contributed by atoms with Crippen molar-refractivity contribution in [2.24, 2.45) is 0 Å². The maximum absolute atomic E-state index is 13.4. The molecule has 5 nitrogen and oxygen atoms in total. The summed E-state index contributed by atoms with van der Waals surface area (Å²) >= 11 is 3.53. The van der Waals surface area contributed by atoms with E-state index in [2.05, 4.69) is 68.1 Å². The summed E-state index contributed by atoms with van der Waals surface area (Å²) in [6.45, 7) is 8.97. The van der Waals surface area contributed by atoms with Crippen LogP contribution in [0.4, 0.5) is 4.39 Å². The first-order valence-electron chi connectivity index (χ1n) is 12.5. The van der Waals surface area contributed by atoms with Gasteiger partial charge in [-0.2, -0.15) is 0 Å². The lowest BCUT2D eigenvalue weighted by Crippen LogP contribution is -2.46. The minimum Gasteiger partial charge on any atom is -0.333 e. The van der Waals surface area contributed by atoms with Crippen LogP contribution >= 0.6 is 48.3 Å². The average molecular weight is 595 g/mol. The van der Waals surface area contributed by atoms with Gasteiger partial charge in [0.1, 0.15) is 5.82 Å². The fourth-order valence-electron chi connectivity index (χ4n) is 4.51. The van der Waals surface area contributed by atoms with E-state index >= 15 is 0 Å². The topological polar surface area (TPSA) is 48.1 Å². The summed E-state index contributed by atoms with van der Waals surface area (Å²) in [5, 5.41) is 0.790. The molecule has 3 heterocycles. The third kappa shape index (κ3) is 8.34. The molecule has 0 unspecified atom stereocenters. The van der Waals surface area contributed by atoms with Crippen LogP contribution in [0.5, 0.6) is 0 Å². The molecular formula is C28H34Cl2FN5S2. The molecule has 0 atom stereocenters. The number of hydrogen-bond donors (Lipinski definition) is 1. The van der Waals surface area contributed by atoms with Gasteiger partial charge in [0.15, 0.2) is 5.16 Å². The fourth-order valence-corrected chi connectivity index (χ4v) is 6.40. The number of rotatable bonds is 10. The number of pyridine rings is 1.